The van der Waals surface area contributed by atoms with Crippen LogP contribution in [0.3, 0.4) is 0 Å². The Hall–Kier alpha value is -1.85. The second kappa shape index (κ2) is 8.18. The van der Waals surface area contributed by atoms with Crippen molar-refractivity contribution in [1.29, 1.82) is 0 Å². The molecule has 2 aliphatic carbocycles. The number of allylic oxidation sites excluding steroid dienone is 1. The Bertz CT molecular complexity index is 919. The highest BCUT2D eigenvalue weighted by atomic mass is 16.6. The summed E-state index contributed by atoms with van der Waals surface area (Å²) >= 11 is 0. The largest absolute Gasteiger partial charge is 0.461 e. The first-order valence-electron chi connectivity index (χ1n) is 12.4. The summed E-state index contributed by atoms with van der Waals surface area (Å²) in [7, 11) is 0. The highest BCUT2D eigenvalue weighted by Gasteiger charge is 2.59. The molecular formula is C27H38N2O3. The van der Waals surface area contributed by atoms with Gasteiger partial charge in [-0.15, -0.1) is 0 Å². The van der Waals surface area contributed by atoms with E-state index >= 15 is 0 Å². The summed E-state index contributed by atoms with van der Waals surface area (Å²) in [5, 5.41) is 11.6. The maximum Gasteiger partial charge on any atom is 0.311 e. The highest BCUT2D eigenvalue weighted by molar-refractivity contribution is 5.76. The predicted octanol–water partition coefficient (Wildman–Crippen LogP) is 3.71. The smallest absolute Gasteiger partial charge is 0.311 e. The molecule has 2 aliphatic heterocycles. The maximum absolute atomic E-state index is 12.9. The number of anilines is 1. The van der Waals surface area contributed by atoms with E-state index in [1.807, 2.05) is 0 Å². The van der Waals surface area contributed by atoms with Crippen molar-refractivity contribution in [3.8, 4) is 0 Å². The van der Waals surface area contributed by atoms with Gasteiger partial charge >= 0.3 is 5.97 Å². The average molecular weight is 439 g/mol. The Morgan fingerprint density at radius 2 is 1.91 bits per heavy atom. The molecule has 2 heterocycles. The first kappa shape index (κ1) is 22.0. The van der Waals surface area contributed by atoms with Gasteiger partial charge in [0.25, 0.3) is 0 Å². The molecule has 0 bridgehead atoms. The van der Waals surface area contributed by atoms with E-state index in [1.165, 1.54) is 22.4 Å². The third-order valence-electron chi connectivity index (χ3n) is 9.25. The number of esters is 1. The number of aliphatic hydroxyl groups is 1. The lowest BCUT2D eigenvalue weighted by molar-refractivity contribution is -0.145. The van der Waals surface area contributed by atoms with Crippen LogP contribution in [0, 0.1) is 37.0 Å². The molecule has 0 spiro atoms. The van der Waals surface area contributed by atoms with Crippen molar-refractivity contribution in [1.82, 2.24) is 4.90 Å². The van der Waals surface area contributed by atoms with Gasteiger partial charge in [-0.3, -0.25) is 9.69 Å². The summed E-state index contributed by atoms with van der Waals surface area (Å²) in [4.78, 5) is 17.8. The van der Waals surface area contributed by atoms with Crippen molar-refractivity contribution in [3.63, 3.8) is 0 Å². The summed E-state index contributed by atoms with van der Waals surface area (Å²) in [5.41, 5.74) is 5.02. The second-order valence-corrected chi connectivity index (χ2v) is 10.9. The molecule has 2 saturated heterocycles. The number of carbonyl (C=O) groups excluding carboxylic acids is 1. The van der Waals surface area contributed by atoms with Gasteiger partial charge in [-0.2, -0.15) is 0 Å². The lowest BCUT2D eigenvalue weighted by Crippen LogP contribution is -2.55. The van der Waals surface area contributed by atoms with Gasteiger partial charge in [-0.25, -0.2) is 0 Å². The molecule has 6 atom stereocenters. The minimum absolute atomic E-state index is 0.0945. The molecule has 0 unspecified atom stereocenters. The highest BCUT2D eigenvalue weighted by Crippen LogP contribution is 2.56. The number of carbonyl (C=O) groups is 1. The van der Waals surface area contributed by atoms with Gasteiger partial charge in [0.05, 0.1) is 12.0 Å². The van der Waals surface area contributed by atoms with E-state index in [1.54, 1.807) is 0 Å². The molecule has 5 rings (SSSR count). The van der Waals surface area contributed by atoms with Crippen LogP contribution in [0.25, 0.3) is 0 Å². The number of hydrogen-bond acceptors (Lipinski definition) is 5. The summed E-state index contributed by atoms with van der Waals surface area (Å²) < 4.78 is 5.86. The van der Waals surface area contributed by atoms with Crippen LogP contribution in [-0.2, 0) is 9.53 Å². The SMILES string of the molecule is Cc1ccc(N2CCN(C[C@@H]3C(=O)O[C@@H]4CC5=CCC[C@@H](C)[C@@]5(C)[C@@H](O)[C@H]34)CC2)cc1C. The summed E-state index contributed by atoms with van der Waals surface area (Å²) in [6.07, 6.45) is 4.59. The van der Waals surface area contributed by atoms with Crippen molar-refractivity contribution in [2.45, 2.75) is 59.2 Å². The van der Waals surface area contributed by atoms with E-state index in [0.717, 1.165) is 45.4 Å². The molecule has 32 heavy (non-hydrogen) atoms. The average Bonchev–Trinajstić information content (AvgIpc) is 3.08. The van der Waals surface area contributed by atoms with Gasteiger partial charge in [-0.05, 0) is 55.9 Å². The van der Waals surface area contributed by atoms with Crippen LogP contribution in [0.1, 0.15) is 44.2 Å². The Morgan fingerprint density at radius 3 is 2.62 bits per heavy atom. The number of fused-ring (bicyclic) bond motifs is 2. The predicted molar refractivity (Wildman–Crippen MR) is 127 cm³/mol. The van der Waals surface area contributed by atoms with Crippen LogP contribution >= 0.6 is 0 Å². The van der Waals surface area contributed by atoms with Gasteiger partial charge in [0.15, 0.2) is 0 Å². The van der Waals surface area contributed by atoms with Gasteiger partial charge < -0.3 is 14.7 Å². The van der Waals surface area contributed by atoms with E-state index in [0.29, 0.717) is 12.5 Å². The van der Waals surface area contributed by atoms with E-state index in [4.69, 9.17) is 4.74 Å². The molecule has 5 heteroatoms. The quantitative estimate of drug-likeness (QED) is 0.576. The zero-order chi connectivity index (χ0) is 22.6. The number of aliphatic hydroxyl groups excluding tert-OH is 1. The normalized spacial score (nSPS) is 37.5. The van der Waals surface area contributed by atoms with Crippen molar-refractivity contribution in [3.05, 3.63) is 41.0 Å². The van der Waals surface area contributed by atoms with Crippen LogP contribution in [0.15, 0.2) is 29.8 Å². The van der Waals surface area contributed by atoms with Gasteiger partial charge in [0.2, 0.25) is 0 Å². The number of aryl methyl sites for hydroxylation is 2. The third-order valence-corrected chi connectivity index (χ3v) is 9.25. The van der Waals surface area contributed by atoms with Crippen molar-refractivity contribution < 1.29 is 14.6 Å². The molecule has 1 aromatic carbocycles. The fraction of sp³-hybridized carbons (Fsp3) is 0.667. The first-order chi connectivity index (χ1) is 15.3. The molecule has 1 saturated carbocycles. The second-order valence-electron chi connectivity index (χ2n) is 10.9. The summed E-state index contributed by atoms with van der Waals surface area (Å²) in [6.45, 7) is 13.3. The molecule has 174 valence electrons. The molecular weight excluding hydrogens is 400 g/mol. The molecule has 0 aromatic heterocycles. The van der Waals surface area contributed by atoms with Crippen LogP contribution in [0.5, 0.6) is 0 Å². The third kappa shape index (κ3) is 3.49. The molecule has 3 fully saturated rings. The molecule has 1 aromatic rings. The maximum atomic E-state index is 12.9. The fourth-order valence-electron chi connectivity index (χ4n) is 6.66. The van der Waals surface area contributed by atoms with E-state index in [2.05, 4.69) is 61.8 Å². The number of benzene rings is 1. The van der Waals surface area contributed by atoms with Crippen LogP contribution in [-0.4, -0.2) is 60.9 Å². The lowest BCUT2D eigenvalue weighted by atomic mass is 9.55. The van der Waals surface area contributed by atoms with E-state index in [9.17, 15) is 9.90 Å². The lowest BCUT2D eigenvalue weighted by Gasteiger charge is -2.52. The summed E-state index contributed by atoms with van der Waals surface area (Å²) in [6, 6.07) is 6.69. The number of ether oxygens (including phenoxy) is 1. The number of nitrogens with zero attached hydrogens (tertiary/aromatic N) is 2. The zero-order valence-corrected chi connectivity index (χ0v) is 20.0. The number of piperazine rings is 1. The molecule has 5 nitrogen and oxygen atoms in total. The minimum Gasteiger partial charge on any atom is -0.461 e. The Kier molecular flexibility index (Phi) is 5.61. The van der Waals surface area contributed by atoms with Crippen LogP contribution in [0.4, 0.5) is 5.69 Å². The van der Waals surface area contributed by atoms with Crippen molar-refractivity contribution >= 4 is 11.7 Å². The number of hydrogen-bond donors (Lipinski definition) is 1. The monoisotopic (exact) mass is 438 g/mol. The van der Waals surface area contributed by atoms with E-state index < -0.39 is 6.10 Å². The molecule has 0 radical (unpaired) electrons. The molecule has 0 amide bonds. The van der Waals surface area contributed by atoms with Gasteiger partial charge in [0.1, 0.15) is 6.10 Å². The van der Waals surface area contributed by atoms with Crippen molar-refractivity contribution in [2.24, 2.45) is 23.2 Å². The zero-order valence-electron chi connectivity index (χ0n) is 20.0. The van der Waals surface area contributed by atoms with Crippen LogP contribution < -0.4 is 4.90 Å². The van der Waals surface area contributed by atoms with Gasteiger partial charge in [-0.1, -0.05) is 31.6 Å². The molecule has 1 N–H and O–H groups in total. The fourth-order valence-corrected chi connectivity index (χ4v) is 6.66. The minimum atomic E-state index is -0.518. The van der Waals surface area contributed by atoms with Crippen LogP contribution in [0.2, 0.25) is 0 Å². The Balaban J connectivity index is 1.27. The van der Waals surface area contributed by atoms with Crippen molar-refractivity contribution in [2.75, 3.05) is 37.6 Å². The topological polar surface area (TPSA) is 53.0 Å². The standard InChI is InChI=1S/C27H38N2O3/c1-17-8-9-21(14-18(17)2)29-12-10-28(11-13-29)16-22-24-23(32-26(22)31)15-20-7-5-6-19(3)27(20,4)25(24)30/h7-9,14,19,22-25,30H,5-6,10-13,15-16H2,1-4H3/t19-,22+,23-,24-,25+,27-/m1/s1. The Labute approximate surface area is 192 Å². The Morgan fingerprint density at radius 1 is 1.16 bits per heavy atom. The summed E-state index contributed by atoms with van der Waals surface area (Å²) in [5.74, 6) is 0.00102. The molecule has 4 aliphatic rings. The van der Waals surface area contributed by atoms with E-state index in [-0.39, 0.29) is 29.3 Å². The number of rotatable bonds is 3. The van der Waals surface area contributed by atoms with Gasteiger partial charge in [0, 0.05) is 56.2 Å². The first-order valence-corrected chi connectivity index (χ1v) is 12.4.